The molecule has 0 saturated carbocycles. The maximum atomic E-state index is 12.8. The molecule has 0 amide bonds. The molecule has 0 radical (unpaired) electrons. The summed E-state index contributed by atoms with van der Waals surface area (Å²) in [6, 6.07) is 1.89. The number of hydrogen-bond donors (Lipinski definition) is 1. The minimum Gasteiger partial charge on any atom is -0.486 e. The average Bonchev–Trinajstić information content (AvgIpc) is 2.57. The fourth-order valence-corrected chi connectivity index (χ4v) is 4.08. The Morgan fingerprint density at radius 1 is 1.48 bits per heavy atom. The second kappa shape index (κ2) is 6.96. The van der Waals surface area contributed by atoms with Crippen LogP contribution in [0.15, 0.2) is 18.7 Å². The fourth-order valence-electron chi connectivity index (χ4n) is 3.67. The lowest BCUT2D eigenvalue weighted by Crippen LogP contribution is -2.54. The van der Waals surface area contributed by atoms with Crippen LogP contribution in [0.5, 0.6) is 5.75 Å². The summed E-state index contributed by atoms with van der Waals surface area (Å²) in [5.74, 6) is 0.804. The van der Waals surface area contributed by atoms with Crippen molar-refractivity contribution in [2.75, 3.05) is 19.6 Å². The number of piperidine rings is 1. The average molecular weight is 379 g/mol. The predicted molar refractivity (Wildman–Crippen MR) is 105 cm³/mol. The van der Waals surface area contributed by atoms with E-state index in [-0.39, 0.29) is 5.78 Å². The summed E-state index contributed by atoms with van der Waals surface area (Å²) in [6.07, 6.45) is 3.73. The van der Waals surface area contributed by atoms with Gasteiger partial charge in [-0.15, -0.1) is 6.58 Å². The highest BCUT2D eigenvalue weighted by atomic mass is 35.5. The van der Waals surface area contributed by atoms with Crippen LogP contribution in [0, 0.1) is 13.8 Å². The Morgan fingerprint density at radius 3 is 2.80 bits per heavy atom. The standard InChI is InChI=1S/C19H23ClN2O2S/c1-4-7-21-18(25)22-8-5-19(6-9-22)11-14(23)16-13(3)17(20)12(2)10-15(16)24-19/h4,10H,1,5-9,11H2,2-3H3,(H,21,25). The zero-order valence-electron chi connectivity index (χ0n) is 14.7. The van der Waals surface area contributed by atoms with Crippen molar-refractivity contribution in [1.82, 2.24) is 10.2 Å². The minimum absolute atomic E-state index is 0.126. The number of Topliss-reactive ketones (excluding diaryl/α,β-unsaturated/α-hetero) is 1. The molecule has 1 fully saturated rings. The Hall–Kier alpha value is -1.59. The molecule has 1 aromatic carbocycles. The smallest absolute Gasteiger partial charge is 0.170 e. The number of hydrogen-bond acceptors (Lipinski definition) is 3. The van der Waals surface area contributed by atoms with Gasteiger partial charge in [-0.1, -0.05) is 17.7 Å². The zero-order valence-corrected chi connectivity index (χ0v) is 16.2. The van der Waals surface area contributed by atoms with E-state index in [9.17, 15) is 4.79 Å². The molecule has 1 N–H and O–H groups in total. The van der Waals surface area contributed by atoms with Crippen LogP contribution in [0.3, 0.4) is 0 Å². The van der Waals surface area contributed by atoms with Crippen molar-refractivity contribution in [3.05, 3.63) is 40.4 Å². The number of ether oxygens (including phenoxy) is 1. The molecule has 0 atom stereocenters. The molecule has 4 nitrogen and oxygen atoms in total. The van der Waals surface area contributed by atoms with Crippen LogP contribution in [-0.4, -0.2) is 41.0 Å². The Morgan fingerprint density at radius 2 is 2.16 bits per heavy atom. The van der Waals surface area contributed by atoms with Crippen LogP contribution in [0.2, 0.25) is 5.02 Å². The zero-order chi connectivity index (χ0) is 18.2. The van der Waals surface area contributed by atoms with Gasteiger partial charge in [-0.2, -0.15) is 0 Å². The largest absolute Gasteiger partial charge is 0.486 e. The van der Waals surface area contributed by atoms with Crippen molar-refractivity contribution in [2.24, 2.45) is 0 Å². The van der Waals surface area contributed by atoms with Gasteiger partial charge in [0.2, 0.25) is 0 Å². The molecule has 2 heterocycles. The maximum absolute atomic E-state index is 12.8. The van der Waals surface area contributed by atoms with Gasteiger partial charge in [0.1, 0.15) is 11.4 Å². The molecule has 2 aliphatic rings. The molecule has 0 aromatic heterocycles. The van der Waals surface area contributed by atoms with Crippen LogP contribution in [0.1, 0.15) is 40.7 Å². The topological polar surface area (TPSA) is 41.6 Å². The number of ketones is 1. The highest BCUT2D eigenvalue weighted by molar-refractivity contribution is 7.80. The van der Waals surface area contributed by atoms with Crippen molar-refractivity contribution >= 4 is 34.7 Å². The molecule has 1 spiro atoms. The second-order valence-corrected chi connectivity index (χ2v) is 7.62. The van der Waals surface area contributed by atoms with Crippen LogP contribution < -0.4 is 10.1 Å². The molecule has 0 aliphatic carbocycles. The van der Waals surface area contributed by atoms with Crippen molar-refractivity contribution < 1.29 is 9.53 Å². The number of likely N-dealkylation sites (tertiary alicyclic amines) is 1. The van der Waals surface area contributed by atoms with E-state index in [1.165, 1.54) is 0 Å². The van der Waals surface area contributed by atoms with E-state index < -0.39 is 5.60 Å². The third-order valence-corrected chi connectivity index (χ3v) is 6.08. The fraction of sp³-hybridized carbons (Fsp3) is 0.474. The molecule has 1 aromatic rings. The molecule has 0 unspecified atom stereocenters. The van der Waals surface area contributed by atoms with E-state index in [1.54, 1.807) is 6.08 Å². The Bertz CT molecular complexity index is 739. The molecule has 1 saturated heterocycles. The summed E-state index contributed by atoms with van der Waals surface area (Å²) in [7, 11) is 0. The molecule has 6 heteroatoms. The first-order chi connectivity index (χ1) is 11.9. The number of carbonyl (C=O) groups excluding carboxylic acids is 1. The normalized spacial score (nSPS) is 18.5. The monoisotopic (exact) mass is 378 g/mol. The highest BCUT2D eigenvalue weighted by Gasteiger charge is 2.44. The minimum atomic E-state index is -0.429. The molecule has 25 heavy (non-hydrogen) atoms. The second-order valence-electron chi connectivity index (χ2n) is 6.85. The molecular weight excluding hydrogens is 356 g/mol. The van der Waals surface area contributed by atoms with Gasteiger partial charge >= 0.3 is 0 Å². The first-order valence-corrected chi connectivity index (χ1v) is 9.31. The lowest BCUT2D eigenvalue weighted by molar-refractivity contribution is 0.00350. The van der Waals surface area contributed by atoms with E-state index in [1.807, 2.05) is 19.9 Å². The van der Waals surface area contributed by atoms with Gasteiger partial charge in [-0.25, -0.2) is 0 Å². The van der Waals surface area contributed by atoms with Crippen molar-refractivity contribution in [3.8, 4) is 5.75 Å². The number of aryl methyl sites for hydroxylation is 1. The lowest BCUT2D eigenvalue weighted by atomic mass is 9.81. The first-order valence-electron chi connectivity index (χ1n) is 8.52. The van der Waals surface area contributed by atoms with E-state index in [4.69, 9.17) is 28.6 Å². The maximum Gasteiger partial charge on any atom is 0.170 e. The van der Waals surface area contributed by atoms with Crippen LogP contribution in [0.25, 0.3) is 0 Å². The third-order valence-electron chi connectivity index (χ3n) is 5.09. The molecule has 3 rings (SSSR count). The Labute approximate surface area is 159 Å². The number of rotatable bonds is 2. The number of nitrogens with zero attached hydrogens (tertiary/aromatic N) is 1. The van der Waals surface area contributed by atoms with Gasteiger partial charge in [-0.3, -0.25) is 4.79 Å². The Balaban J connectivity index is 1.77. The number of carbonyl (C=O) groups is 1. The Kier molecular flexibility index (Phi) is 5.07. The lowest BCUT2D eigenvalue weighted by Gasteiger charge is -2.45. The molecule has 2 aliphatic heterocycles. The number of thiocarbonyl (C=S) groups is 1. The van der Waals surface area contributed by atoms with Gasteiger partial charge in [-0.05, 0) is 43.3 Å². The van der Waals surface area contributed by atoms with Crippen molar-refractivity contribution in [3.63, 3.8) is 0 Å². The van der Waals surface area contributed by atoms with E-state index in [2.05, 4.69) is 16.8 Å². The van der Waals surface area contributed by atoms with Gasteiger partial charge in [0, 0.05) is 37.5 Å². The first kappa shape index (κ1) is 18.2. The van der Waals surface area contributed by atoms with Gasteiger partial charge < -0.3 is 15.0 Å². The number of benzene rings is 1. The summed E-state index contributed by atoms with van der Waals surface area (Å²) in [4.78, 5) is 14.9. The number of halogens is 1. The predicted octanol–water partition coefficient (Wildman–Crippen LogP) is 3.82. The number of nitrogens with one attached hydrogen (secondary N) is 1. The summed E-state index contributed by atoms with van der Waals surface area (Å²) in [6.45, 7) is 9.72. The highest BCUT2D eigenvalue weighted by Crippen LogP contribution is 2.43. The van der Waals surface area contributed by atoms with Crippen molar-refractivity contribution in [2.45, 2.75) is 38.7 Å². The van der Waals surface area contributed by atoms with Gasteiger partial charge in [0.25, 0.3) is 0 Å². The number of fused-ring (bicyclic) bond motifs is 1. The van der Waals surface area contributed by atoms with Crippen LogP contribution in [-0.2, 0) is 0 Å². The van der Waals surface area contributed by atoms with Gasteiger partial charge in [0.05, 0.1) is 12.0 Å². The molecule has 0 bridgehead atoms. The van der Waals surface area contributed by atoms with E-state index >= 15 is 0 Å². The summed E-state index contributed by atoms with van der Waals surface area (Å²) in [5.41, 5.74) is 1.98. The third kappa shape index (κ3) is 3.40. The summed E-state index contributed by atoms with van der Waals surface area (Å²) < 4.78 is 6.37. The summed E-state index contributed by atoms with van der Waals surface area (Å²) >= 11 is 11.7. The SMILES string of the molecule is C=CCNC(=S)N1CCC2(CC1)CC(=O)c1c(cc(C)c(Cl)c1C)O2. The van der Waals surface area contributed by atoms with E-state index in [0.29, 0.717) is 29.3 Å². The van der Waals surface area contributed by atoms with Crippen LogP contribution in [0.4, 0.5) is 0 Å². The molecule has 134 valence electrons. The quantitative estimate of drug-likeness (QED) is 0.626. The van der Waals surface area contributed by atoms with E-state index in [0.717, 1.165) is 42.2 Å². The van der Waals surface area contributed by atoms with Crippen LogP contribution >= 0.6 is 23.8 Å². The summed E-state index contributed by atoms with van der Waals surface area (Å²) in [5, 5.41) is 4.54. The molecular formula is C19H23ClN2O2S. The van der Waals surface area contributed by atoms with Crippen molar-refractivity contribution in [1.29, 1.82) is 0 Å². The van der Waals surface area contributed by atoms with Gasteiger partial charge in [0.15, 0.2) is 10.9 Å².